The molecule has 0 aliphatic rings. The third-order valence-electron chi connectivity index (χ3n) is 6.37. The molecule has 1 atom stereocenters. The lowest BCUT2D eigenvalue weighted by Gasteiger charge is -2.31. The number of sulfonamides is 1. The summed E-state index contributed by atoms with van der Waals surface area (Å²) in [6, 6.07) is 12.5. The Hall–Kier alpha value is -3.07. The van der Waals surface area contributed by atoms with Crippen molar-refractivity contribution in [3.05, 3.63) is 59.2 Å². The molecule has 2 amide bonds. The number of hydrogen-bond acceptors (Lipinski definition) is 5. The molecule has 210 valence electrons. The molecular formula is C29H43N3O5S. The molecule has 2 aromatic carbocycles. The second-order valence-corrected chi connectivity index (χ2v) is 12.1. The van der Waals surface area contributed by atoms with Gasteiger partial charge in [-0.3, -0.25) is 13.9 Å². The number of carbonyl (C=O) groups excluding carboxylic acids is 2. The normalized spacial score (nSPS) is 12.2. The van der Waals surface area contributed by atoms with E-state index in [2.05, 4.69) is 5.32 Å². The van der Waals surface area contributed by atoms with Crippen LogP contribution in [0.2, 0.25) is 0 Å². The number of nitrogens with zero attached hydrogens (tertiary/aromatic N) is 2. The fraction of sp³-hybridized carbons (Fsp3) is 0.517. The van der Waals surface area contributed by atoms with E-state index in [4.69, 9.17) is 4.74 Å². The minimum atomic E-state index is -3.55. The molecule has 0 bridgehead atoms. The number of anilines is 1. The highest BCUT2D eigenvalue weighted by molar-refractivity contribution is 7.92. The van der Waals surface area contributed by atoms with Gasteiger partial charge in [0.1, 0.15) is 11.8 Å². The summed E-state index contributed by atoms with van der Waals surface area (Å²) in [5.41, 5.74) is 3.30. The Morgan fingerprint density at radius 2 is 1.71 bits per heavy atom. The number of nitrogens with one attached hydrogen (secondary N) is 1. The highest BCUT2D eigenvalue weighted by Crippen LogP contribution is 2.25. The van der Waals surface area contributed by atoms with Gasteiger partial charge >= 0.3 is 0 Å². The molecule has 0 heterocycles. The van der Waals surface area contributed by atoms with Gasteiger partial charge in [0.15, 0.2) is 0 Å². The van der Waals surface area contributed by atoms with Gasteiger partial charge in [-0.05, 0) is 67.5 Å². The molecule has 8 nitrogen and oxygen atoms in total. The van der Waals surface area contributed by atoms with Crippen molar-refractivity contribution in [2.75, 3.05) is 30.8 Å². The standard InChI is InChI=1S/C29H43N3O5S/c1-8-26(29(34)30-19-21(2)3)31(20-24-13-15-25(37-6)16-14-24)28(33)10-9-17-32(38(7,35)36)27-18-22(4)11-12-23(27)5/h11-16,18,21,26H,8-10,17,19-20H2,1-7H3,(H,30,34)/t26-/m0/s1. The molecule has 0 aliphatic carbocycles. The lowest BCUT2D eigenvalue weighted by atomic mass is 10.1. The topological polar surface area (TPSA) is 96.0 Å². The number of ether oxygens (including phenoxy) is 1. The maximum atomic E-state index is 13.6. The SMILES string of the molecule is CC[C@@H](C(=O)NCC(C)C)N(Cc1ccc(OC)cc1)C(=O)CCCN(c1cc(C)ccc1C)S(C)(=O)=O. The van der Waals surface area contributed by atoms with Crippen molar-refractivity contribution >= 4 is 27.5 Å². The van der Waals surface area contributed by atoms with E-state index in [1.165, 1.54) is 10.6 Å². The second kappa shape index (κ2) is 14.2. The first-order valence-electron chi connectivity index (χ1n) is 13.1. The molecule has 2 aromatic rings. The minimum Gasteiger partial charge on any atom is -0.497 e. The van der Waals surface area contributed by atoms with Crippen molar-refractivity contribution in [3.8, 4) is 5.75 Å². The molecule has 38 heavy (non-hydrogen) atoms. The number of methoxy groups -OCH3 is 1. The van der Waals surface area contributed by atoms with Gasteiger partial charge in [0.2, 0.25) is 21.8 Å². The van der Waals surface area contributed by atoms with Crippen LogP contribution in [0.15, 0.2) is 42.5 Å². The summed E-state index contributed by atoms with van der Waals surface area (Å²) < 4.78 is 31.9. The van der Waals surface area contributed by atoms with E-state index in [1.807, 2.05) is 77.1 Å². The fourth-order valence-electron chi connectivity index (χ4n) is 4.24. The minimum absolute atomic E-state index is 0.112. The van der Waals surface area contributed by atoms with Crippen molar-refractivity contribution < 1.29 is 22.7 Å². The number of benzene rings is 2. The molecule has 0 aromatic heterocycles. The highest BCUT2D eigenvalue weighted by atomic mass is 32.2. The molecule has 0 spiro atoms. The van der Waals surface area contributed by atoms with Crippen LogP contribution in [-0.4, -0.2) is 57.6 Å². The lowest BCUT2D eigenvalue weighted by Crippen LogP contribution is -2.49. The van der Waals surface area contributed by atoms with Gasteiger partial charge in [-0.2, -0.15) is 0 Å². The first-order chi connectivity index (χ1) is 17.9. The smallest absolute Gasteiger partial charge is 0.242 e. The molecular weight excluding hydrogens is 502 g/mol. The summed E-state index contributed by atoms with van der Waals surface area (Å²) in [4.78, 5) is 28.2. The van der Waals surface area contributed by atoms with E-state index < -0.39 is 16.1 Å². The van der Waals surface area contributed by atoms with E-state index in [9.17, 15) is 18.0 Å². The number of amides is 2. The molecule has 0 saturated carbocycles. The molecule has 0 aliphatic heterocycles. The fourth-order valence-corrected chi connectivity index (χ4v) is 5.25. The lowest BCUT2D eigenvalue weighted by molar-refractivity contribution is -0.141. The van der Waals surface area contributed by atoms with Crippen molar-refractivity contribution in [2.45, 2.75) is 66.5 Å². The Morgan fingerprint density at radius 1 is 1.05 bits per heavy atom. The molecule has 0 radical (unpaired) electrons. The number of carbonyl (C=O) groups is 2. The Bertz CT molecular complexity index is 1180. The van der Waals surface area contributed by atoms with Crippen LogP contribution in [-0.2, 0) is 26.2 Å². The summed E-state index contributed by atoms with van der Waals surface area (Å²) in [6.45, 7) is 10.7. The van der Waals surface area contributed by atoms with Crippen LogP contribution in [0.4, 0.5) is 5.69 Å². The largest absolute Gasteiger partial charge is 0.497 e. The Morgan fingerprint density at radius 3 is 2.26 bits per heavy atom. The van der Waals surface area contributed by atoms with Crippen LogP contribution in [0.1, 0.15) is 56.7 Å². The number of aryl methyl sites for hydroxylation is 2. The Labute approximate surface area is 228 Å². The van der Waals surface area contributed by atoms with Gasteiger partial charge in [-0.1, -0.05) is 45.0 Å². The van der Waals surface area contributed by atoms with Gasteiger partial charge in [0.05, 0.1) is 19.1 Å². The predicted octanol–water partition coefficient (Wildman–Crippen LogP) is 4.44. The highest BCUT2D eigenvalue weighted by Gasteiger charge is 2.29. The Balaban J connectivity index is 2.25. The van der Waals surface area contributed by atoms with Gasteiger partial charge in [0, 0.05) is 26.1 Å². The molecule has 0 fully saturated rings. The van der Waals surface area contributed by atoms with Crippen LogP contribution in [0.25, 0.3) is 0 Å². The van der Waals surface area contributed by atoms with Crippen molar-refractivity contribution in [1.29, 1.82) is 0 Å². The van der Waals surface area contributed by atoms with Crippen LogP contribution in [0, 0.1) is 19.8 Å². The molecule has 1 N–H and O–H groups in total. The molecule has 9 heteroatoms. The summed E-state index contributed by atoms with van der Waals surface area (Å²) in [5, 5.41) is 2.96. The monoisotopic (exact) mass is 545 g/mol. The van der Waals surface area contributed by atoms with Crippen LogP contribution < -0.4 is 14.4 Å². The zero-order valence-electron chi connectivity index (χ0n) is 23.8. The summed E-state index contributed by atoms with van der Waals surface area (Å²) in [5.74, 6) is 0.618. The molecule has 2 rings (SSSR count). The maximum absolute atomic E-state index is 13.6. The molecule has 0 unspecified atom stereocenters. The van der Waals surface area contributed by atoms with Gasteiger partial charge in [-0.25, -0.2) is 8.42 Å². The third kappa shape index (κ3) is 9.04. The Kier molecular flexibility index (Phi) is 11.6. The first kappa shape index (κ1) is 31.1. The average Bonchev–Trinajstić information content (AvgIpc) is 2.86. The quantitative estimate of drug-likeness (QED) is 0.379. The van der Waals surface area contributed by atoms with Crippen molar-refractivity contribution in [1.82, 2.24) is 10.2 Å². The number of hydrogen-bond donors (Lipinski definition) is 1. The predicted molar refractivity (Wildman–Crippen MR) is 153 cm³/mol. The van der Waals surface area contributed by atoms with Crippen LogP contribution >= 0.6 is 0 Å². The van der Waals surface area contributed by atoms with Gasteiger partial charge in [0.25, 0.3) is 0 Å². The van der Waals surface area contributed by atoms with E-state index in [-0.39, 0.29) is 37.2 Å². The second-order valence-electron chi connectivity index (χ2n) is 10.2. The van der Waals surface area contributed by atoms with Crippen LogP contribution in [0.3, 0.4) is 0 Å². The zero-order valence-corrected chi connectivity index (χ0v) is 24.6. The molecule has 0 saturated heterocycles. The van der Waals surface area contributed by atoms with E-state index in [0.717, 1.165) is 16.7 Å². The van der Waals surface area contributed by atoms with Crippen LogP contribution in [0.5, 0.6) is 5.75 Å². The van der Waals surface area contributed by atoms with Gasteiger partial charge < -0.3 is 15.0 Å². The maximum Gasteiger partial charge on any atom is 0.242 e. The van der Waals surface area contributed by atoms with Crippen molar-refractivity contribution in [2.24, 2.45) is 5.92 Å². The third-order valence-corrected chi connectivity index (χ3v) is 7.55. The van der Waals surface area contributed by atoms with Gasteiger partial charge in [-0.15, -0.1) is 0 Å². The summed E-state index contributed by atoms with van der Waals surface area (Å²) in [7, 11) is -1.96. The number of rotatable bonds is 14. The average molecular weight is 546 g/mol. The first-order valence-corrected chi connectivity index (χ1v) is 15.0. The van der Waals surface area contributed by atoms with E-state index >= 15 is 0 Å². The summed E-state index contributed by atoms with van der Waals surface area (Å²) >= 11 is 0. The van der Waals surface area contributed by atoms with E-state index in [1.54, 1.807) is 12.0 Å². The zero-order chi connectivity index (χ0) is 28.5. The summed E-state index contributed by atoms with van der Waals surface area (Å²) in [6.07, 6.45) is 2.08. The van der Waals surface area contributed by atoms with E-state index in [0.29, 0.717) is 30.8 Å². The van der Waals surface area contributed by atoms with Crippen molar-refractivity contribution in [3.63, 3.8) is 0 Å².